The van der Waals surface area contributed by atoms with Gasteiger partial charge in [-0.2, -0.15) is 0 Å². The lowest BCUT2D eigenvalue weighted by molar-refractivity contribution is 0.408. The van der Waals surface area contributed by atoms with Gasteiger partial charge < -0.3 is 10.2 Å². The molecule has 0 N–H and O–H groups in total. The van der Waals surface area contributed by atoms with E-state index in [1.165, 1.54) is 0 Å². The molecule has 21 heavy (non-hydrogen) atoms. The normalized spacial score (nSPS) is 15.4. The number of benzene rings is 2. The maximum absolute atomic E-state index is 12.0. The maximum atomic E-state index is 12.0. The molecule has 1 aliphatic rings. The van der Waals surface area contributed by atoms with E-state index in [4.69, 9.17) is 23.2 Å². The van der Waals surface area contributed by atoms with Gasteiger partial charge in [-0.1, -0.05) is 41.4 Å². The molecule has 0 saturated carbocycles. The number of anilines is 1. The highest BCUT2D eigenvalue weighted by molar-refractivity contribution is 6.31. The minimum absolute atomic E-state index is 0.279. The Kier molecular flexibility index (Phi) is 3.91. The minimum atomic E-state index is 0.279. The summed E-state index contributed by atoms with van der Waals surface area (Å²) < 4.78 is 0. The van der Waals surface area contributed by atoms with E-state index < -0.39 is 0 Å². The van der Waals surface area contributed by atoms with Crippen LogP contribution in [0, 0.1) is 5.21 Å². The number of hydroxylamine groups is 1. The molecule has 0 spiro atoms. The fraction of sp³-hybridized carbons (Fsp3) is 0.125. The summed E-state index contributed by atoms with van der Waals surface area (Å²) in [7, 11) is 1.75. The van der Waals surface area contributed by atoms with E-state index in [-0.39, 0.29) is 6.54 Å². The third kappa shape index (κ3) is 2.78. The lowest BCUT2D eigenvalue weighted by Gasteiger charge is -2.37. The van der Waals surface area contributed by atoms with Gasteiger partial charge in [-0.05, 0) is 41.5 Å². The molecular weight excluding hydrogens is 307 g/mol. The van der Waals surface area contributed by atoms with Gasteiger partial charge >= 0.3 is 0 Å². The SMILES string of the molecule is CN1c2ccc(Cl)cc2C(c2ccc(Cl)cc2)=CCN1[O-]. The molecule has 0 unspecified atom stereocenters. The lowest BCUT2D eigenvalue weighted by Crippen LogP contribution is -2.34. The molecule has 0 saturated heterocycles. The number of halogens is 2. The quantitative estimate of drug-likeness (QED) is 0.770. The van der Waals surface area contributed by atoms with Gasteiger partial charge in [0.25, 0.3) is 0 Å². The maximum Gasteiger partial charge on any atom is 0.0588 e. The molecular formula is C16H13Cl2N2O-. The summed E-state index contributed by atoms with van der Waals surface area (Å²) >= 11 is 12.1. The third-order valence-corrected chi connectivity index (χ3v) is 4.03. The predicted molar refractivity (Wildman–Crippen MR) is 88.5 cm³/mol. The van der Waals surface area contributed by atoms with Crippen molar-refractivity contribution in [2.24, 2.45) is 0 Å². The van der Waals surface area contributed by atoms with Crippen LogP contribution in [0.3, 0.4) is 0 Å². The van der Waals surface area contributed by atoms with Crippen LogP contribution < -0.4 is 5.01 Å². The molecule has 0 bridgehead atoms. The van der Waals surface area contributed by atoms with E-state index in [9.17, 15) is 5.21 Å². The van der Waals surface area contributed by atoms with Gasteiger partial charge in [0.1, 0.15) is 0 Å². The van der Waals surface area contributed by atoms with Crippen LogP contribution in [0.25, 0.3) is 5.57 Å². The molecule has 3 rings (SSSR count). The Morgan fingerprint density at radius 1 is 1.00 bits per heavy atom. The van der Waals surface area contributed by atoms with Crippen molar-refractivity contribution >= 4 is 34.5 Å². The number of fused-ring (bicyclic) bond motifs is 1. The van der Waals surface area contributed by atoms with Crippen molar-refractivity contribution in [2.75, 3.05) is 18.6 Å². The molecule has 1 aliphatic heterocycles. The Hall–Kier alpha value is -1.52. The molecule has 1 heterocycles. The highest BCUT2D eigenvalue weighted by Crippen LogP contribution is 2.36. The molecule has 0 fully saturated rings. The first-order valence-corrected chi connectivity index (χ1v) is 7.26. The van der Waals surface area contributed by atoms with E-state index in [0.717, 1.165) is 27.6 Å². The monoisotopic (exact) mass is 319 g/mol. The molecule has 2 aromatic rings. The Morgan fingerprint density at radius 2 is 1.67 bits per heavy atom. The Labute approximate surface area is 133 Å². The van der Waals surface area contributed by atoms with Crippen LogP contribution in [0.1, 0.15) is 11.1 Å². The molecule has 0 amide bonds. The van der Waals surface area contributed by atoms with Crippen molar-refractivity contribution in [3.8, 4) is 0 Å². The van der Waals surface area contributed by atoms with Gasteiger partial charge in [0.15, 0.2) is 0 Å². The van der Waals surface area contributed by atoms with E-state index in [0.29, 0.717) is 10.0 Å². The zero-order chi connectivity index (χ0) is 15.0. The van der Waals surface area contributed by atoms with Crippen LogP contribution in [0.4, 0.5) is 5.69 Å². The smallest absolute Gasteiger partial charge is 0.0588 e. The van der Waals surface area contributed by atoms with Gasteiger partial charge in [0.2, 0.25) is 0 Å². The molecule has 0 atom stereocenters. The second-order valence-corrected chi connectivity index (χ2v) is 5.72. The topological polar surface area (TPSA) is 29.5 Å². The van der Waals surface area contributed by atoms with Crippen molar-refractivity contribution in [3.63, 3.8) is 0 Å². The standard InChI is InChI=1S/C16H13Cl2N2O/c1-19-16-7-6-13(18)10-15(16)14(8-9-20(19)21)11-2-4-12(17)5-3-11/h2-8,10H,9H2,1H3/q-1. The van der Waals surface area contributed by atoms with Crippen LogP contribution in [0.2, 0.25) is 10.0 Å². The van der Waals surface area contributed by atoms with Crippen molar-refractivity contribution in [1.29, 1.82) is 0 Å². The van der Waals surface area contributed by atoms with E-state index in [1.54, 1.807) is 18.1 Å². The van der Waals surface area contributed by atoms with Crippen LogP contribution >= 0.6 is 23.2 Å². The summed E-state index contributed by atoms with van der Waals surface area (Å²) in [5, 5.41) is 15.9. The summed E-state index contributed by atoms with van der Waals surface area (Å²) in [5.41, 5.74) is 3.75. The van der Waals surface area contributed by atoms with Crippen molar-refractivity contribution in [1.82, 2.24) is 5.17 Å². The molecule has 2 aromatic carbocycles. The summed E-state index contributed by atoms with van der Waals surface area (Å²) in [6.07, 6.45) is 1.91. The van der Waals surface area contributed by atoms with Crippen molar-refractivity contribution in [3.05, 3.63) is 74.9 Å². The second kappa shape index (κ2) is 5.70. The fourth-order valence-corrected chi connectivity index (χ4v) is 2.73. The van der Waals surface area contributed by atoms with Gasteiger partial charge in [0, 0.05) is 29.2 Å². The molecule has 0 aromatic heterocycles. The number of hydrogen-bond donors (Lipinski definition) is 0. The lowest BCUT2D eigenvalue weighted by atomic mass is 9.96. The number of hydrazine groups is 1. The first kappa shape index (κ1) is 14.4. The number of hydrogen-bond acceptors (Lipinski definition) is 3. The first-order valence-electron chi connectivity index (χ1n) is 6.50. The molecule has 108 valence electrons. The second-order valence-electron chi connectivity index (χ2n) is 4.84. The number of nitrogens with zero attached hydrogens (tertiary/aromatic N) is 2. The summed E-state index contributed by atoms with van der Waals surface area (Å²) in [6.45, 7) is 0.279. The van der Waals surface area contributed by atoms with Crippen molar-refractivity contribution < 1.29 is 0 Å². The van der Waals surface area contributed by atoms with Gasteiger partial charge in [0.05, 0.1) is 5.69 Å². The van der Waals surface area contributed by atoms with E-state index in [1.807, 2.05) is 42.5 Å². The number of rotatable bonds is 1. The zero-order valence-electron chi connectivity index (χ0n) is 11.4. The summed E-state index contributed by atoms with van der Waals surface area (Å²) in [6, 6.07) is 13.1. The third-order valence-electron chi connectivity index (χ3n) is 3.54. The molecule has 5 heteroatoms. The summed E-state index contributed by atoms with van der Waals surface area (Å²) in [4.78, 5) is 0. The zero-order valence-corrected chi connectivity index (χ0v) is 12.9. The van der Waals surface area contributed by atoms with E-state index >= 15 is 0 Å². The van der Waals surface area contributed by atoms with Gasteiger partial charge in [-0.25, -0.2) is 0 Å². The van der Waals surface area contributed by atoms with Crippen LogP contribution in [0.5, 0.6) is 0 Å². The van der Waals surface area contributed by atoms with Crippen molar-refractivity contribution in [2.45, 2.75) is 0 Å². The Balaban J connectivity index is 2.18. The largest absolute Gasteiger partial charge is 0.767 e. The van der Waals surface area contributed by atoms with Gasteiger partial charge in [-0.3, -0.25) is 5.17 Å². The highest BCUT2D eigenvalue weighted by Gasteiger charge is 2.17. The van der Waals surface area contributed by atoms with E-state index in [2.05, 4.69) is 0 Å². The minimum Gasteiger partial charge on any atom is -0.767 e. The molecule has 0 radical (unpaired) electrons. The Morgan fingerprint density at radius 3 is 2.38 bits per heavy atom. The van der Waals surface area contributed by atoms with Crippen LogP contribution in [-0.2, 0) is 0 Å². The predicted octanol–water partition coefficient (Wildman–Crippen LogP) is 4.59. The average Bonchev–Trinajstić information content (AvgIpc) is 2.59. The Bertz CT molecular complexity index is 698. The summed E-state index contributed by atoms with van der Waals surface area (Å²) in [5.74, 6) is 0. The fourth-order valence-electron chi connectivity index (χ4n) is 2.43. The average molecular weight is 320 g/mol. The van der Waals surface area contributed by atoms with Crippen LogP contribution in [-0.4, -0.2) is 18.8 Å². The van der Waals surface area contributed by atoms with Crippen LogP contribution in [0.15, 0.2) is 48.5 Å². The molecule has 0 aliphatic carbocycles. The highest BCUT2D eigenvalue weighted by atomic mass is 35.5. The van der Waals surface area contributed by atoms with Gasteiger partial charge in [-0.15, -0.1) is 0 Å². The molecule has 3 nitrogen and oxygen atoms in total. The first-order chi connectivity index (χ1) is 10.1.